The van der Waals surface area contributed by atoms with Crippen LogP contribution in [0.3, 0.4) is 0 Å². The van der Waals surface area contributed by atoms with Gasteiger partial charge in [-0.05, 0) is 105 Å². The number of hydrogen-bond acceptors (Lipinski definition) is 2. The van der Waals surface area contributed by atoms with Crippen LogP contribution in [0.1, 0.15) is 45.9 Å². The molecule has 0 spiro atoms. The van der Waals surface area contributed by atoms with Crippen molar-refractivity contribution in [3.8, 4) is 22.3 Å². The molecule has 1 aromatic heterocycles. The molecule has 0 radical (unpaired) electrons. The molecule has 2 aliphatic carbocycles. The third-order valence-electron chi connectivity index (χ3n) is 13.2. The van der Waals surface area contributed by atoms with Crippen LogP contribution in [0.25, 0.3) is 42.4 Å². The summed E-state index contributed by atoms with van der Waals surface area (Å²) in [5.74, 6) is 0. The first-order valence-corrected chi connectivity index (χ1v) is 21.3. The summed E-state index contributed by atoms with van der Waals surface area (Å²) in [7, 11) is 0. The number of para-hydroxylation sites is 1. The third kappa shape index (κ3) is 4.78. The molecule has 2 heteroatoms. The van der Waals surface area contributed by atoms with Gasteiger partial charge in [0.15, 0.2) is 0 Å². The van der Waals surface area contributed by atoms with Gasteiger partial charge in [0, 0.05) is 32.3 Å². The summed E-state index contributed by atoms with van der Waals surface area (Å²) in [5, 5.41) is 2.58. The molecular formula is C57H39NS. The van der Waals surface area contributed by atoms with E-state index in [0.29, 0.717) is 0 Å². The van der Waals surface area contributed by atoms with Gasteiger partial charge in [-0.25, -0.2) is 0 Å². The second-order valence-corrected chi connectivity index (χ2v) is 17.2. The molecule has 1 heterocycles. The van der Waals surface area contributed by atoms with Crippen molar-refractivity contribution in [2.24, 2.45) is 0 Å². The molecule has 2 aliphatic rings. The molecule has 0 saturated carbocycles. The number of fused-ring (bicyclic) bond motifs is 9. The summed E-state index contributed by atoms with van der Waals surface area (Å²) >= 11 is 1.91. The van der Waals surface area contributed by atoms with Crippen molar-refractivity contribution in [3.05, 3.63) is 257 Å². The van der Waals surface area contributed by atoms with Gasteiger partial charge in [-0.2, -0.15) is 0 Å². The Balaban J connectivity index is 1.08. The minimum absolute atomic E-state index is 0.248. The first-order valence-electron chi connectivity index (χ1n) is 20.5. The molecule has 0 fully saturated rings. The van der Waals surface area contributed by atoms with Crippen LogP contribution in [0, 0.1) is 0 Å². The van der Waals surface area contributed by atoms with Crippen LogP contribution in [-0.2, 0) is 10.8 Å². The van der Waals surface area contributed by atoms with Gasteiger partial charge < -0.3 is 4.90 Å². The number of thiophene rings is 1. The van der Waals surface area contributed by atoms with Crippen LogP contribution in [0.2, 0.25) is 0 Å². The lowest BCUT2D eigenvalue weighted by atomic mass is 9.67. The number of benzene rings is 9. The van der Waals surface area contributed by atoms with Gasteiger partial charge in [0.05, 0.1) is 15.8 Å². The maximum absolute atomic E-state index is 2.48. The van der Waals surface area contributed by atoms with Crippen LogP contribution in [0.5, 0.6) is 0 Å². The highest BCUT2D eigenvalue weighted by atomic mass is 32.1. The highest BCUT2D eigenvalue weighted by Crippen LogP contribution is 2.58. The van der Waals surface area contributed by atoms with Gasteiger partial charge in [0.1, 0.15) is 0 Å². The Labute approximate surface area is 349 Å². The smallest absolute Gasteiger partial charge is 0.0714 e. The molecule has 0 amide bonds. The predicted molar refractivity (Wildman–Crippen MR) is 249 cm³/mol. The third-order valence-corrected chi connectivity index (χ3v) is 14.4. The van der Waals surface area contributed by atoms with E-state index in [9.17, 15) is 0 Å². The number of hydrogen-bond donors (Lipinski definition) is 0. The fraction of sp³-hybridized carbons (Fsp3) is 0.0526. The maximum atomic E-state index is 2.48. The standard InChI is InChI=1S/C57H39NS/c1-56(49-28-14-11-24-43(49)44-25-12-15-29-50(44)56)40-32-34-47-48-27-17-31-53(55(48)59-54(47)36-40)58(41-22-9-4-10-23-41)42-33-35-46-45-26-13-16-30-51(45)57(52(46)37-42,38-18-5-2-6-19-38)39-20-7-3-8-21-39/h2-37H,1H3. The van der Waals surface area contributed by atoms with Crippen LogP contribution in [0.4, 0.5) is 17.1 Å². The molecule has 0 atom stereocenters. The lowest BCUT2D eigenvalue weighted by molar-refractivity contribution is 0.715. The normalized spacial score (nSPS) is 14.1. The molecule has 1 nitrogen and oxygen atoms in total. The second-order valence-electron chi connectivity index (χ2n) is 16.1. The molecule has 0 saturated heterocycles. The van der Waals surface area contributed by atoms with Crippen molar-refractivity contribution in [3.63, 3.8) is 0 Å². The average Bonchev–Trinajstić information content (AvgIpc) is 3.92. The zero-order chi connectivity index (χ0) is 39.1. The molecular weight excluding hydrogens is 731 g/mol. The molecule has 0 aliphatic heterocycles. The van der Waals surface area contributed by atoms with E-state index in [1.165, 1.54) is 87.1 Å². The predicted octanol–water partition coefficient (Wildman–Crippen LogP) is 15.2. The molecule has 59 heavy (non-hydrogen) atoms. The topological polar surface area (TPSA) is 3.24 Å². The van der Waals surface area contributed by atoms with E-state index in [1.807, 2.05) is 11.3 Å². The SMILES string of the molecule is CC1(c2ccc3c(c2)sc2c(N(c4ccccc4)c4ccc5c(c4)C(c4ccccc4)(c4ccccc4)c4ccccc4-5)cccc23)c2ccccc2-c2ccccc21. The van der Waals surface area contributed by atoms with E-state index in [-0.39, 0.29) is 5.41 Å². The van der Waals surface area contributed by atoms with Crippen LogP contribution in [-0.4, -0.2) is 0 Å². The fourth-order valence-corrected chi connectivity index (χ4v) is 11.9. The minimum Gasteiger partial charge on any atom is -0.309 e. The van der Waals surface area contributed by atoms with Gasteiger partial charge >= 0.3 is 0 Å². The first kappa shape index (κ1) is 34.1. The lowest BCUT2D eigenvalue weighted by Gasteiger charge is -2.35. The molecule has 278 valence electrons. The Morgan fingerprint density at radius 2 is 0.915 bits per heavy atom. The zero-order valence-corrected chi connectivity index (χ0v) is 33.5. The molecule has 10 aromatic rings. The highest BCUT2D eigenvalue weighted by molar-refractivity contribution is 7.26. The van der Waals surface area contributed by atoms with E-state index in [1.54, 1.807) is 0 Å². The number of nitrogens with zero attached hydrogens (tertiary/aromatic N) is 1. The number of rotatable bonds is 6. The molecule has 12 rings (SSSR count). The van der Waals surface area contributed by atoms with E-state index in [4.69, 9.17) is 0 Å². The largest absolute Gasteiger partial charge is 0.309 e. The lowest BCUT2D eigenvalue weighted by Crippen LogP contribution is -2.28. The van der Waals surface area contributed by atoms with Gasteiger partial charge in [-0.3, -0.25) is 0 Å². The van der Waals surface area contributed by atoms with Gasteiger partial charge in [-0.1, -0.05) is 182 Å². The average molecular weight is 770 g/mol. The molecule has 0 bridgehead atoms. The Bertz CT molecular complexity index is 3150. The van der Waals surface area contributed by atoms with Crippen molar-refractivity contribution in [2.45, 2.75) is 17.8 Å². The summed E-state index contributed by atoms with van der Waals surface area (Å²) in [6, 6.07) is 81.2. The Hall–Kier alpha value is -7.00. The van der Waals surface area contributed by atoms with E-state index < -0.39 is 5.41 Å². The van der Waals surface area contributed by atoms with Crippen molar-refractivity contribution in [1.29, 1.82) is 0 Å². The monoisotopic (exact) mass is 769 g/mol. The maximum Gasteiger partial charge on any atom is 0.0714 e. The minimum atomic E-state index is -0.486. The van der Waals surface area contributed by atoms with Gasteiger partial charge in [0.2, 0.25) is 0 Å². The summed E-state index contributed by atoms with van der Waals surface area (Å²) in [5.41, 5.74) is 17.2. The quantitative estimate of drug-likeness (QED) is 0.163. The number of anilines is 3. The summed E-state index contributed by atoms with van der Waals surface area (Å²) in [6.07, 6.45) is 0. The molecule has 9 aromatic carbocycles. The van der Waals surface area contributed by atoms with Crippen LogP contribution < -0.4 is 4.90 Å². The molecule has 0 unspecified atom stereocenters. The second kappa shape index (κ2) is 13.0. The van der Waals surface area contributed by atoms with Crippen molar-refractivity contribution in [2.75, 3.05) is 4.90 Å². The Morgan fingerprint density at radius 3 is 1.56 bits per heavy atom. The summed E-state index contributed by atoms with van der Waals surface area (Å²) in [4.78, 5) is 2.48. The van der Waals surface area contributed by atoms with Gasteiger partial charge in [-0.15, -0.1) is 11.3 Å². The van der Waals surface area contributed by atoms with Crippen LogP contribution >= 0.6 is 11.3 Å². The van der Waals surface area contributed by atoms with Crippen molar-refractivity contribution in [1.82, 2.24) is 0 Å². The summed E-state index contributed by atoms with van der Waals surface area (Å²) < 4.78 is 2.58. The fourth-order valence-electron chi connectivity index (χ4n) is 10.6. The Kier molecular flexibility index (Phi) is 7.51. The van der Waals surface area contributed by atoms with Crippen molar-refractivity contribution >= 4 is 48.6 Å². The first-order chi connectivity index (χ1) is 29.2. The van der Waals surface area contributed by atoms with Crippen molar-refractivity contribution < 1.29 is 0 Å². The Morgan fingerprint density at radius 1 is 0.373 bits per heavy atom. The zero-order valence-electron chi connectivity index (χ0n) is 32.6. The van der Waals surface area contributed by atoms with Crippen LogP contribution in [0.15, 0.2) is 218 Å². The highest BCUT2D eigenvalue weighted by Gasteiger charge is 2.46. The van der Waals surface area contributed by atoms with Gasteiger partial charge in [0.25, 0.3) is 0 Å². The van der Waals surface area contributed by atoms with E-state index in [2.05, 4.69) is 230 Å². The summed E-state index contributed by atoms with van der Waals surface area (Å²) in [6.45, 7) is 2.41. The van der Waals surface area contributed by atoms with E-state index in [0.717, 1.165) is 11.4 Å². The molecule has 0 N–H and O–H groups in total. The van der Waals surface area contributed by atoms with E-state index >= 15 is 0 Å².